The lowest BCUT2D eigenvalue weighted by Gasteiger charge is -2.32. The predicted molar refractivity (Wildman–Crippen MR) is 223 cm³/mol. The lowest BCUT2D eigenvalue weighted by molar-refractivity contribution is -0.141. The Bertz CT molecular complexity index is 1910. The number of nitrogens with one attached hydrogen (secondary N) is 5. The van der Waals surface area contributed by atoms with E-state index in [4.69, 9.17) is 0 Å². The number of aryl methyl sites for hydroxylation is 1. The van der Waals surface area contributed by atoms with Crippen molar-refractivity contribution in [3.63, 3.8) is 0 Å². The fourth-order valence-corrected chi connectivity index (χ4v) is 6.83. The zero-order valence-electron chi connectivity index (χ0n) is 34.7. The SMILES string of the molecule is O=C(O)CN1CCN(CC(=O)O)CCN(CC(=O)NCCCCCC(=O)N[C@@H](CNC(=O)c2ccc3c(cnn3CCCNc3ncc[nH]3)c2)C(=O)O)CCN(CC(=O)O)CC1. The highest BCUT2D eigenvalue weighted by atomic mass is 16.4. The summed E-state index contributed by atoms with van der Waals surface area (Å²) in [6, 6.07) is 3.72. The summed E-state index contributed by atoms with van der Waals surface area (Å²) in [6.45, 7) is 2.74. The number of benzene rings is 1. The number of unbranched alkanes of at least 4 members (excludes halogenated alkanes) is 2. The highest BCUT2D eigenvalue weighted by molar-refractivity contribution is 5.98. The largest absolute Gasteiger partial charge is 0.480 e. The van der Waals surface area contributed by atoms with E-state index >= 15 is 0 Å². The van der Waals surface area contributed by atoms with Gasteiger partial charge in [0.1, 0.15) is 6.04 Å². The van der Waals surface area contributed by atoms with Gasteiger partial charge in [-0.2, -0.15) is 5.10 Å². The number of fused-ring (bicyclic) bond motifs is 1. The van der Waals surface area contributed by atoms with Gasteiger partial charge in [-0.05, 0) is 37.5 Å². The first-order valence-electron chi connectivity index (χ1n) is 20.6. The second-order valence-corrected chi connectivity index (χ2v) is 15.0. The van der Waals surface area contributed by atoms with Gasteiger partial charge in [-0.25, -0.2) is 9.78 Å². The van der Waals surface area contributed by atoms with Gasteiger partial charge in [0.05, 0.1) is 37.9 Å². The number of amides is 3. The van der Waals surface area contributed by atoms with Crippen LogP contribution in [-0.2, 0) is 35.3 Å². The minimum Gasteiger partial charge on any atom is -0.480 e. The summed E-state index contributed by atoms with van der Waals surface area (Å²) < 4.78 is 1.83. The van der Waals surface area contributed by atoms with Gasteiger partial charge in [-0.1, -0.05) is 6.42 Å². The second-order valence-electron chi connectivity index (χ2n) is 15.0. The van der Waals surface area contributed by atoms with E-state index in [0.29, 0.717) is 63.5 Å². The van der Waals surface area contributed by atoms with Crippen molar-refractivity contribution >= 4 is 58.5 Å². The molecule has 62 heavy (non-hydrogen) atoms. The standard InChI is InChI=1S/C39H58N12O11/c52-32(46-30(38(61)62)23-44-37(60)28-6-7-31-29(21-28)22-45-51(31)12-4-9-41-39-42-10-11-43-39)5-2-1-3-8-40-33(53)24-47-13-15-48(25-34(54)55)17-19-50(27-36(58)59)20-18-49(16-14-47)26-35(56)57/h6-7,10-11,21-22,30H,1-5,8-9,12-20,23-27H2,(H,40,53)(H,44,60)(H,46,52)(H,54,55)(H,56,57)(H,58,59)(H,61,62)(H2,41,42,43)/t30-/m0/s1. The van der Waals surface area contributed by atoms with Crippen LogP contribution in [0.3, 0.4) is 0 Å². The molecule has 2 aromatic heterocycles. The maximum absolute atomic E-state index is 12.9. The number of nitrogens with zero attached hydrogens (tertiary/aromatic N) is 7. The number of anilines is 1. The van der Waals surface area contributed by atoms with Crippen molar-refractivity contribution in [1.82, 2.24) is 55.3 Å². The fraction of sp³-hybridized carbons (Fsp3) is 0.564. The van der Waals surface area contributed by atoms with Gasteiger partial charge >= 0.3 is 23.9 Å². The molecule has 1 aromatic carbocycles. The van der Waals surface area contributed by atoms with E-state index in [-0.39, 0.29) is 84.3 Å². The Kier molecular flexibility index (Phi) is 20.0. The number of carbonyl (C=O) groups is 7. The molecule has 1 atom stereocenters. The monoisotopic (exact) mass is 870 g/mol. The quantitative estimate of drug-likeness (QED) is 0.0473. The van der Waals surface area contributed by atoms with Crippen molar-refractivity contribution in [2.45, 2.75) is 44.7 Å². The third-order valence-corrected chi connectivity index (χ3v) is 10.1. The molecule has 0 aliphatic carbocycles. The van der Waals surface area contributed by atoms with Gasteiger partial charge in [0, 0.05) is 108 Å². The average Bonchev–Trinajstić information content (AvgIpc) is 3.89. The van der Waals surface area contributed by atoms with E-state index in [1.54, 1.807) is 51.5 Å². The van der Waals surface area contributed by atoms with Crippen LogP contribution in [0.15, 0.2) is 36.8 Å². The van der Waals surface area contributed by atoms with E-state index in [1.807, 2.05) is 9.58 Å². The summed E-state index contributed by atoms with van der Waals surface area (Å²) in [4.78, 5) is 98.7. The Hall–Kier alpha value is -6.17. The molecule has 3 amide bonds. The summed E-state index contributed by atoms with van der Waals surface area (Å²) in [7, 11) is 0. The van der Waals surface area contributed by atoms with Crippen molar-refractivity contribution in [2.24, 2.45) is 0 Å². The Morgan fingerprint density at radius 3 is 1.84 bits per heavy atom. The molecule has 0 unspecified atom stereocenters. The Balaban J connectivity index is 1.15. The van der Waals surface area contributed by atoms with Crippen LogP contribution in [0.5, 0.6) is 0 Å². The molecule has 0 bridgehead atoms. The number of H-pyrrole nitrogens is 1. The molecule has 0 spiro atoms. The maximum atomic E-state index is 12.9. The summed E-state index contributed by atoms with van der Waals surface area (Å²) in [6.07, 6.45) is 7.38. The van der Waals surface area contributed by atoms with Crippen LogP contribution in [0.1, 0.15) is 42.5 Å². The highest BCUT2D eigenvalue weighted by Gasteiger charge is 2.23. The van der Waals surface area contributed by atoms with Crippen molar-refractivity contribution < 1.29 is 54.0 Å². The number of aromatic amines is 1. The minimum absolute atomic E-state index is 0.0197. The first-order valence-corrected chi connectivity index (χ1v) is 20.6. The third-order valence-electron chi connectivity index (χ3n) is 10.1. The number of hydrogen-bond acceptors (Lipinski definition) is 14. The lowest BCUT2D eigenvalue weighted by atomic mass is 10.1. The van der Waals surface area contributed by atoms with Gasteiger partial charge in [0.2, 0.25) is 11.8 Å². The lowest BCUT2D eigenvalue weighted by Crippen LogP contribution is -2.49. The molecule has 0 saturated carbocycles. The first kappa shape index (κ1) is 48.5. The van der Waals surface area contributed by atoms with Gasteiger partial charge in [0.25, 0.3) is 5.91 Å². The van der Waals surface area contributed by atoms with Gasteiger partial charge in [-0.3, -0.25) is 53.0 Å². The molecule has 340 valence electrons. The van der Waals surface area contributed by atoms with Crippen LogP contribution in [-0.4, -0.2) is 206 Å². The molecule has 1 aliphatic heterocycles. The number of carboxylic acid groups (broad SMARTS) is 4. The number of imidazole rings is 1. The number of carbonyl (C=O) groups excluding carboxylic acids is 3. The summed E-state index contributed by atoms with van der Waals surface area (Å²) in [5.41, 5.74) is 1.16. The van der Waals surface area contributed by atoms with Crippen LogP contribution < -0.4 is 21.3 Å². The second kappa shape index (κ2) is 25.6. The Morgan fingerprint density at radius 2 is 1.29 bits per heavy atom. The molecule has 3 heterocycles. The topological polar surface area (TPSA) is 308 Å². The van der Waals surface area contributed by atoms with Gasteiger partial charge in [0.15, 0.2) is 5.95 Å². The average molecular weight is 871 g/mol. The van der Waals surface area contributed by atoms with Crippen molar-refractivity contribution in [2.75, 3.05) is 103 Å². The van der Waals surface area contributed by atoms with E-state index in [0.717, 1.165) is 17.3 Å². The first-order chi connectivity index (χ1) is 29.7. The Morgan fingerprint density at radius 1 is 0.694 bits per heavy atom. The fourth-order valence-electron chi connectivity index (χ4n) is 6.83. The molecule has 23 nitrogen and oxygen atoms in total. The predicted octanol–water partition coefficient (Wildman–Crippen LogP) is -1.29. The molecule has 23 heteroatoms. The maximum Gasteiger partial charge on any atom is 0.328 e. The van der Waals surface area contributed by atoms with Crippen molar-refractivity contribution in [3.8, 4) is 0 Å². The number of aliphatic carboxylic acids is 4. The molecule has 4 rings (SSSR count). The smallest absolute Gasteiger partial charge is 0.328 e. The van der Waals surface area contributed by atoms with Crippen LogP contribution in [0.25, 0.3) is 10.9 Å². The van der Waals surface area contributed by atoms with Crippen LogP contribution >= 0.6 is 0 Å². The zero-order chi connectivity index (χ0) is 44.9. The number of aromatic nitrogens is 4. The molecule has 9 N–H and O–H groups in total. The number of hydrogen-bond donors (Lipinski definition) is 9. The minimum atomic E-state index is -1.35. The molecule has 1 saturated heterocycles. The van der Waals surface area contributed by atoms with Crippen LogP contribution in [0, 0.1) is 0 Å². The van der Waals surface area contributed by atoms with Gasteiger partial charge in [-0.15, -0.1) is 0 Å². The van der Waals surface area contributed by atoms with Crippen LogP contribution in [0.4, 0.5) is 5.95 Å². The third kappa shape index (κ3) is 17.8. The normalized spacial score (nSPS) is 15.5. The van der Waals surface area contributed by atoms with Crippen molar-refractivity contribution in [1.29, 1.82) is 0 Å². The molecular weight excluding hydrogens is 813 g/mol. The summed E-state index contributed by atoms with van der Waals surface area (Å²) in [5.74, 6) is -5.03. The van der Waals surface area contributed by atoms with Crippen molar-refractivity contribution in [3.05, 3.63) is 42.4 Å². The summed E-state index contributed by atoms with van der Waals surface area (Å²) in [5, 5.41) is 54.1. The van der Waals surface area contributed by atoms with Crippen LogP contribution in [0.2, 0.25) is 0 Å². The van der Waals surface area contributed by atoms with E-state index in [9.17, 15) is 54.0 Å². The molecular formula is C39H58N12O11. The van der Waals surface area contributed by atoms with E-state index in [1.165, 1.54) is 0 Å². The molecule has 3 aromatic rings. The molecule has 1 aliphatic rings. The van der Waals surface area contributed by atoms with E-state index in [2.05, 4.69) is 36.3 Å². The zero-order valence-corrected chi connectivity index (χ0v) is 34.7. The van der Waals surface area contributed by atoms with Gasteiger partial charge < -0.3 is 46.7 Å². The Labute approximate surface area is 357 Å². The summed E-state index contributed by atoms with van der Waals surface area (Å²) >= 11 is 0. The highest BCUT2D eigenvalue weighted by Crippen LogP contribution is 2.16. The number of rotatable bonds is 24. The molecule has 0 radical (unpaired) electrons. The number of carboxylic acids is 4. The van der Waals surface area contributed by atoms with E-state index < -0.39 is 41.7 Å². The molecule has 1 fully saturated rings.